The van der Waals surface area contributed by atoms with E-state index in [1.165, 1.54) is 0 Å². The molecule has 6 N–H and O–H groups in total. The highest BCUT2D eigenvalue weighted by Crippen LogP contribution is 1.91. The lowest BCUT2D eigenvalue weighted by molar-refractivity contribution is -0.0472. The summed E-state index contributed by atoms with van der Waals surface area (Å²) in [5.74, 6) is 0. The molecule has 0 aromatic carbocycles. The summed E-state index contributed by atoms with van der Waals surface area (Å²) in [5.41, 5.74) is 10.2. The third kappa shape index (κ3) is 5.84. The Morgan fingerprint density at radius 3 is 1.75 bits per heavy atom. The van der Waals surface area contributed by atoms with E-state index in [0.717, 1.165) is 0 Å². The van der Waals surface area contributed by atoms with Crippen molar-refractivity contribution in [1.29, 1.82) is 0 Å². The third-order valence-corrected chi connectivity index (χ3v) is 0.758. The first-order valence-corrected chi connectivity index (χ1v) is 2.50. The average Bonchev–Trinajstić information content (AvgIpc) is 1.61. The van der Waals surface area contributed by atoms with E-state index < -0.39 is 12.5 Å². The predicted molar refractivity (Wildman–Crippen MR) is 29.6 cm³/mol. The molecule has 0 aliphatic rings. The first-order chi connectivity index (χ1) is 3.63. The van der Waals surface area contributed by atoms with Crippen molar-refractivity contribution >= 4 is 0 Å². The van der Waals surface area contributed by atoms with Gasteiger partial charge in [-0.15, -0.1) is 0 Å². The number of hydrogen-bond donors (Lipinski definition) is 4. The van der Waals surface area contributed by atoms with Gasteiger partial charge in [0, 0.05) is 6.42 Å². The molecule has 8 heavy (non-hydrogen) atoms. The minimum absolute atomic E-state index is 0.248. The fraction of sp³-hybridized carbons (Fsp3) is 1.00. The Kier molecular flexibility index (Phi) is 3.72. The summed E-state index contributed by atoms with van der Waals surface area (Å²) in [5, 5.41) is 16.5. The van der Waals surface area contributed by atoms with Gasteiger partial charge in [0.15, 0.2) is 6.29 Å². The second-order valence-electron chi connectivity index (χ2n) is 1.72. The summed E-state index contributed by atoms with van der Waals surface area (Å²) in [4.78, 5) is 0. The Balaban J connectivity index is 2.93. The van der Waals surface area contributed by atoms with Gasteiger partial charge in [-0.05, 0) is 6.42 Å². The summed E-state index contributed by atoms with van der Waals surface area (Å²) in [7, 11) is 0. The molecule has 0 spiro atoms. The average molecular weight is 120 g/mol. The van der Waals surface area contributed by atoms with Gasteiger partial charge in [0.05, 0.1) is 6.17 Å². The van der Waals surface area contributed by atoms with Gasteiger partial charge >= 0.3 is 0 Å². The van der Waals surface area contributed by atoms with E-state index in [2.05, 4.69) is 0 Å². The molecule has 0 unspecified atom stereocenters. The maximum absolute atomic E-state index is 8.25. The van der Waals surface area contributed by atoms with Crippen molar-refractivity contribution in [3.8, 4) is 0 Å². The second-order valence-corrected chi connectivity index (χ2v) is 1.72. The van der Waals surface area contributed by atoms with Gasteiger partial charge in [0.25, 0.3) is 0 Å². The Hall–Kier alpha value is -0.160. The van der Waals surface area contributed by atoms with E-state index in [4.69, 9.17) is 21.7 Å². The summed E-state index contributed by atoms with van der Waals surface area (Å²) < 4.78 is 0. The molecule has 0 atom stereocenters. The van der Waals surface area contributed by atoms with Gasteiger partial charge in [-0.1, -0.05) is 0 Å². The molecule has 0 aromatic heterocycles. The van der Waals surface area contributed by atoms with Crippen LogP contribution in [0.1, 0.15) is 12.8 Å². The Morgan fingerprint density at radius 1 is 1.12 bits per heavy atom. The van der Waals surface area contributed by atoms with Gasteiger partial charge < -0.3 is 21.7 Å². The van der Waals surface area contributed by atoms with E-state index in [1.807, 2.05) is 0 Å². The number of nitrogens with two attached hydrogens (primary N) is 2. The second kappa shape index (κ2) is 3.80. The zero-order valence-electron chi connectivity index (χ0n) is 4.62. The Labute approximate surface area is 48.1 Å². The van der Waals surface area contributed by atoms with Crippen molar-refractivity contribution in [1.82, 2.24) is 0 Å². The molecule has 0 amide bonds. The maximum atomic E-state index is 8.25. The molecule has 0 aromatic rings. The van der Waals surface area contributed by atoms with E-state index in [9.17, 15) is 0 Å². The van der Waals surface area contributed by atoms with Crippen LogP contribution in [0.4, 0.5) is 0 Å². The van der Waals surface area contributed by atoms with E-state index >= 15 is 0 Å². The number of aliphatic hydroxyl groups excluding tert-OH is 1. The zero-order valence-corrected chi connectivity index (χ0v) is 4.62. The van der Waals surface area contributed by atoms with Gasteiger partial charge in [-0.25, -0.2) is 0 Å². The first kappa shape index (κ1) is 7.84. The number of rotatable bonds is 3. The molecule has 4 nitrogen and oxygen atoms in total. The topological polar surface area (TPSA) is 92.5 Å². The van der Waals surface area contributed by atoms with E-state index in [-0.39, 0.29) is 6.42 Å². The normalized spacial score (nSPS) is 11.2. The van der Waals surface area contributed by atoms with Crippen LogP contribution < -0.4 is 11.5 Å². The van der Waals surface area contributed by atoms with Gasteiger partial charge in [0.2, 0.25) is 0 Å². The van der Waals surface area contributed by atoms with Crippen LogP contribution in [0.15, 0.2) is 0 Å². The van der Waals surface area contributed by atoms with Crippen LogP contribution in [0, 0.1) is 0 Å². The van der Waals surface area contributed by atoms with Gasteiger partial charge in [-0.3, -0.25) is 0 Å². The van der Waals surface area contributed by atoms with Crippen LogP contribution in [0.3, 0.4) is 0 Å². The van der Waals surface area contributed by atoms with Crippen LogP contribution in [-0.4, -0.2) is 22.7 Å². The third-order valence-electron chi connectivity index (χ3n) is 0.758. The highest BCUT2D eigenvalue weighted by Gasteiger charge is 1.98. The largest absolute Gasteiger partial charge is 0.368 e. The highest BCUT2D eigenvalue weighted by atomic mass is 16.5. The van der Waals surface area contributed by atoms with E-state index in [0.29, 0.717) is 6.42 Å². The van der Waals surface area contributed by atoms with E-state index in [1.54, 1.807) is 0 Å². The monoisotopic (exact) mass is 120 g/mol. The number of aliphatic hydroxyl groups is 2. The molecule has 0 radical (unpaired) electrons. The van der Waals surface area contributed by atoms with Crippen LogP contribution in [0.25, 0.3) is 0 Å². The molecule has 0 aliphatic carbocycles. The Bertz CT molecular complexity index is 48.0. The summed E-state index contributed by atoms with van der Waals surface area (Å²) in [6.45, 7) is 0. The molecule has 0 saturated heterocycles. The lowest BCUT2D eigenvalue weighted by atomic mass is 10.3. The molecule has 0 bridgehead atoms. The molecule has 50 valence electrons. The Morgan fingerprint density at radius 2 is 1.62 bits per heavy atom. The van der Waals surface area contributed by atoms with Crippen molar-refractivity contribution in [3.05, 3.63) is 0 Å². The maximum Gasteiger partial charge on any atom is 0.151 e. The van der Waals surface area contributed by atoms with Gasteiger partial charge in [-0.2, -0.15) is 0 Å². The lowest BCUT2D eigenvalue weighted by Gasteiger charge is -2.04. The lowest BCUT2D eigenvalue weighted by Crippen LogP contribution is -2.31. The smallest absolute Gasteiger partial charge is 0.151 e. The zero-order chi connectivity index (χ0) is 6.57. The van der Waals surface area contributed by atoms with Crippen LogP contribution >= 0.6 is 0 Å². The van der Waals surface area contributed by atoms with Crippen molar-refractivity contribution in [3.63, 3.8) is 0 Å². The summed E-state index contributed by atoms with van der Waals surface area (Å²) >= 11 is 0. The minimum atomic E-state index is -1.27. The van der Waals surface area contributed by atoms with Crippen molar-refractivity contribution in [2.75, 3.05) is 0 Å². The molecular weight excluding hydrogens is 108 g/mol. The van der Waals surface area contributed by atoms with Crippen LogP contribution in [-0.2, 0) is 0 Å². The molecule has 0 fully saturated rings. The molecule has 0 aliphatic heterocycles. The molecule has 0 heterocycles. The van der Waals surface area contributed by atoms with Crippen molar-refractivity contribution in [2.45, 2.75) is 25.3 Å². The fourth-order valence-electron chi connectivity index (χ4n) is 0.342. The minimum Gasteiger partial charge on any atom is -0.368 e. The highest BCUT2D eigenvalue weighted by molar-refractivity contribution is 4.50. The summed E-state index contributed by atoms with van der Waals surface area (Å²) in [6, 6.07) is 0. The standard InChI is InChI=1S/C4H12N2O2/c5-3(6)1-2-4(7)8/h3-4,7-8H,1-2,5-6H2. The van der Waals surface area contributed by atoms with Crippen LogP contribution in [0.5, 0.6) is 0 Å². The first-order valence-electron chi connectivity index (χ1n) is 2.50. The molecular formula is C4H12N2O2. The fourth-order valence-corrected chi connectivity index (χ4v) is 0.342. The predicted octanol–water partition coefficient (Wildman–Crippen LogP) is -1.68. The molecule has 4 heteroatoms. The molecule has 0 rings (SSSR count). The summed E-state index contributed by atoms with van der Waals surface area (Å²) in [6.07, 6.45) is -1.02. The van der Waals surface area contributed by atoms with Gasteiger partial charge in [0.1, 0.15) is 0 Å². The molecule has 0 saturated carbocycles. The number of hydrogen-bond acceptors (Lipinski definition) is 4. The quantitative estimate of drug-likeness (QED) is 0.335. The van der Waals surface area contributed by atoms with Crippen molar-refractivity contribution < 1.29 is 10.2 Å². The van der Waals surface area contributed by atoms with Crippen LogP contribution in [0.2, 0.25) is 0 Å². The SMILES string of the molecule is NC(N)CCC(O)O. The van der Waals surface area contributed by atoms with Crippen molar-refractivity contribution in [2.24, 2.45) is 11.5 Å².